The average Bonchev–Trinajstić information content (AvgIpc) is 2.38. The standard InChI is InChI=1S/C12H23N3O2/c1-15-6-3-5-13-12(15)14-8-10-4-7-17-9-11(10)16-2/h10-11H,3-9H2,1-2H3,(H,13,14). The first-order valence-corrected chi connectivity index (χ1v) is 6.41. The van der Waals surface area contributed by atoms with E-state index in [1.165, 1.54) is 0 Å². The molecule has 17 heavy (non-hydrogen) atoms. The van der Waals surface area contributed by atoms with Crippen LogP contribution in [0.5, 0.6) is 0 Å². The largest absolute Gasteiger partial charge is 0.379 e. The van der Waals surface area contributed by atoms with Gasteiger partial charge in [0.05, 0.1) is 12.7 Å². The third kappa shape index (κ3) is 3.33. The van der Waals surface area contributed by atoms with Crippen LogP contribution in [0.1, 0.15) is 12.8 Å². The zero-order chi connectivity index (χ0) is 12.1. The number of aliphatic imine (C=N–C) groups is 1. The van der Waals surface area contributed by atoms with Crippen LogP contribution in [0.25, 0.3) is 0 Å². The Morgan fingerprint density at radius 1 is 1.59 bits per heavy atom. The lowest BCUT2D eigenvalue weighted by atomic mass is 9.97. The number of methoxy groups -OCH3 is 1. The monoisotopic (exact) mass is 241 g/mol. The number of hydrogen-bond acceptors (Lipinski definition) is 5. The van der Waals surface area contributed by atoms with Crippen LogP contribution in [0.3, 0.4) is 0 Å². The smallest absolute Gasteiger partial charge is 0.193 e. The Balaban J connectivity index is 1.81. The predicted octanol–water partition coefficient (Wildman–Crippen LogP) is 0.319. The van der Waals surface area contributed by atoms with Gasteiger partial charge in [-0.1, -0.05) is 0 Å². The molecule has 0 saturated carbocycles. The van der Waals surface area contributed by atoms with Crippen LogP contribution in [-0.4, -0.2) is 64.0 Å². The second-order valence-corrected chi connectivity index (χ2v) is 4.76. The molecule has 2 atom stereocenters. The van der Waals surface area contributed by atoms with Gasteiger partial charge >= 0.3 is 0 Å². The number of hydrogen-bond donors (Lipinski definition) is 1. The summed E-state index contributed by atoms with van der Waals surface area (Å²) in [7, 11) is 3.85. The van der Waals surface area contributed by atoms with Crippen LogP contribution in [0.15, 0.2) is 4.99 Å². The Hall–Kier alpha value is -0.810. The van der Waals surface area contributed by atoms with E-state index in [4.69, 9.17) is 9.47 Å². The maximum Gasteiger partial charge on any atom is 0.193 e. The van der Waals surface area contributed by atoms with Crippen molar-refractivity contribution in [3.8, 4) is 0 Å². The highest BCUT2D eigenvalue weighted by Gasteiger charge is 2.26. The van der Waals surface area contributed by atoms with Gasteiger partial charge in [-0.15, -0.1) is 0 Å². The minimum Gasteiger partial charge on any atom is -0.379 e. The maximum absolute atomic E-state index is 5.45. The van der Waals surface area contributed by atoms with E-state index in [0.29, 0.717) is 12.5 Å². The van der Waals surface area contributed by atoms with Crippen LogP contribution in [0.2, 0.25) is 0 Å². The quantitative estimate of drug-likeness (QED) is 0.773. The molecule has 0 aromatic rings. The molecule has 0 aromatic heterocycles. The van der Waals surface area contributed by atoms with Crippen molar-refractivity contribution in [1.29, 1.82) is 0 Å². The molecule has 2 aliphatic rings. The number of ether oxygens (including phenoxy) is 2. The Kier molecular flexibility index (Phi) is 4.62. The molecule has 5 heteroatoms. The summed E-state index contributed by atoms with van der Waals surface area (Å²) in [6.45, 7) is 4.51. The Bertz CT molecular complexity index is 270. The molecule has 2 aliphatic heterocycles. The highest BCUT2D eigenvalue weighted by molar-refractivity contribution is 5.80. The molecule has 2 rings (SSSR count). The fourth-order valence-corrected chi connectivity index (χ4v) is 2.38. The molecular formula is C12H23N3O2. The van der Waals surface area contributed by atoms with Gasteiger partial charge in [0.15, 0.2) is 5.96 Å². The molecule has 0 amide bonds. The van der Waals surface area contributed by atoms with Crippen molar-refractivity contribution in [1.82, 2.24) is 10.2 Å². The van der Waals surface area contributed by atoms with E-state index in [9.17, 15) is 0 Å². The number of nitrogens with one attached hydrogen (secondary N) is 1. The molecule has 2 heterocycles. The van der Waals surface area contributed by atoms with Gasteiger partial charge in [-0.05, 0) is 12.8 Å². The van der Waals surface area contributed by atoms with Gasteiger partial charge in [-0.2, -0.15) is 0 Å². The average molecular weight is 241 g/mol. The van der Waals surface area contributed by atoms with Gasteiger partial charge in [-0.25, -0.2) is 0 Å². The normalized spacial score (nSPS) is 30.0. The Morgan fingerprint density at radius 2 is 2.47 bits per heavy atom. The molecular weight excluding hydrogens is 218 g/mol. The van der Waals surface area contributed by atoms with Crippen molar-refractivity contribution < 1.29 is 9.47 Å². The third-order valence-corrected chi connectivity index (χ3v) is 3.54. The molecule has 0 spiro atoms. The fraction of sp³-hybridized carbons (Fsp3) is 0.917. The summed E-state index contributed by atoms with van der Waals surface area (Å²) in [5, 5.41) is 3.45. The predicted molar refractivity (Wildman–Crippen MR) is 67.3 cm³/mol. The second kappa shape index (κ2) is 6.21. The summed E-state index contributed by atoms with van der Waals surface area (Å²) in [5.41, 5.74) is 0. The van der Waals surface area contributed by atoms with Crippen LogP contribution in [0.4, 0.5) is 0 Å². The maximum atomic E-state index is 5.45. The van der Waals surface area contributed by atoms with Crippen molar-refractivity contribution >= 4 is 5.96 Å². The van der Waals surface area contributed by atoms with Gasteiger partial charge in [0, 0.05) is 46.3 Å². The summed E-state index contributed by atoms with van der Waals surface area (Å²) >= 11 is 0. The summed E-state index contributed by atoms with van der Waals surface area (Å²) < 4.78 is 10.9. The molecule has 98 valence electrons. The molecule has 5 nitrogen and oxygen atoms in total. The first-order chi connectivity index (χ1) is 8.31. The van der Waals surface area contributed by atoms with Gasteiger partial charge in [0.2, 0.25) is 0 Å². The lowest BCUT2D eigenvalue weighted by Crippen LogP contribution is -2.47. The summed E-state index contributed by atoms with van der Waals surface area (Å²) in [6.07, 6.45) is 2.42. The van der Waals surface area contributed by atoms with E-state index < -0.39 is 0 Å². The summed E-state index contributed by atoms with van der Waals surface area (Å²) in [5.74, 6) is 1.55. The lowest BCUT2D eigenvalue weighted by Gasteiger charge is -2.32. The highest BCUT2D eigenvalue weighted by atomic mass is 16.5. The van der Waals surface area contributed by atoms with Crippen molar-refractivity contribution in [2.45, 2.75) is 18.9 Å². The van der Waals surface area contributed by atoms with E-state index in [-0.39, 0.29) is 6.10 Å². The molecule has 0 aliphatic carbocycles. The molecule has 1 saturated heterocycles. The Morgan fingerprint density at radius 3 is 3.24 bits per heavy atom. The van der Waals surface area contributed by atoms with Crippen LogP contribution < -0.4 is 5.32 Å². The Labute approximate surface area is 103 Å². The fourth-order valence-electron chi connectivity index (χ4n) is 2.38. The zero-order valence-electron chi connectivity index (χ0n) is 10.8. The van der Waals surface area contributed by atoms with Crippen molar-refractivity contribution in [3.63, 3.8) is 0 Å². The number of guanidine groups is 1. The SMILES string of the molecule is COC1COCCC1CNC1=NCCCN1C. The topological polar surface area (TPSA) is 46.1 Å². The first kappa shape index (κ1) is 12.6. The molecule has 0 radical (unpaired) electrons. The van der Waals surface area contributed by atoms with E-state index in [1.54, 1.807) is 7.11 Å². The molecule has 0 bridgehead atoms. The van der Waals surface area contributed by atoms with Gasteiger partial charge < -0.3 is 19.7 Å². The van der Waals surface area contributed by atoms with Crippen molar-refractivity contribution in [2.24, 2.45) is 10.9 Å². The van der Waals surface area contributed by atoms with E-state index >= 15 is 0 Å². The molecule has 1 fully saturated rings. The molecule has 0 aromatic carbocycles. The zero-order valence-corrected chi connectivity index (χ0v) is 10.8. The van der Waals surface area contributed by atoms with Gasteiger partial charge in [0.1, 0.15) is 0 Å². The van der Waals surface area contributed by atoms with Crippen LogP contribution in [0, 0.1) is 5.92 Å². The highest BCUT2D eigenvalue weighted by Crippen LogP contribution is 2.17. The number of nitrogens with zero attached hydrogens (tertiary/aromatic N) is 2. The van der Waals surface area contributed by atoms with E-state index in [0.717, 1.165) is 45.0 Å². The minimum absolute atomic E-state index is 0.214. The van der Waals surface area contributed by atoms with Crippen molar-refractivity contribution in [2.75, 3.05) is 47.0 Å². The van der Waals surface area contributed by atoms with Crippen LogP contribution in [-0.2, 0) is 9.47 Å². The van der Waals surface area contributed by atoms with E-state index in [2.05, 4.69) is 22.3 Å². The lowest BCUT2D eigenvalue weighted by molar-refractivity contribution is -0.0637. The van der Waals surface area contributed by atoms with E-state index in [1.807, 2.05) is 0 Å². The summed E-state index contributed by atoms with van der Waals surface area (Å²) in [6, 6.07) is 0. The van der Waals surface area contributed by atoms with Gasteiger partial charge in [0.25, 0.3) is 0 Å². The molecule has 1 N–H and O–H groups in total. The first-order valence-electron chi connectivity index (χ1n) is 6.41. The van der Waals surface area contributed by atoms with Gasteiger partial charge in [-0.3, -0.25) is 4.99 Å². The number of rotatable bonds is 3. The minimum atomic E-state index is 0.214. The summed E-state index contributed by atoms with van der Waals surface area (Å²) in [4.78, 5) is 6.69. The molecule has 2 unspecified atom stereocenters. The third-order valence-electron chi connectivity index (χ3n) is 3.54. The van der Waals surface area contributed by atoms with Crippen LogP contribution >= 0.6 is 0 Å². The second-order valence-electron chi connectivity index (χ2n) is 4.76. The van der Waals surface area contributed by atoms with Crippen molar-refractivity contribution in [3.05, 3.63) is 0 Å².